The Morgan fingerprint density at radius 2 is 2.05 bits per heavy atom. The SMILES string of the molecule is CC1C2CCC(C)(O2)OC1[C@H](C)COCc1ccccc1. The van der Waals surface area contributed by atoms with Gasteiger partial charge in [-0.1, -0.05) is 44.2 Å². The molecule has 3 rings (SSSR count). The van der Waals surface area contributed by atoms with E-state index >= 15 is 0 Å². The molecule has 2 saturated heterocycles. The largest absolute Gasteiger partial charge is 0.376 e. The van der Waals surface area contributed by atoms with Gasteiger partial charge in [-0.3, -0.25) is 0 Å². The second kappa shape index (κ2) is 6.07. The molecule has 21 heavy (non-hydrogen) atoms. The maximum atomic E-state index is 6.24. The van der Waals surface area contributed by atoms with E-state index in [1.807, 2.05) is 18.2 Å². The normalized spacial score (nSPS) is 36.6. The van der Waals surface area contributed by atoms with Crippen molar-refractivity contribution in [3.8, 4) is 0 Å². The maximum Gasteiger partial charge on any atom is 0.166 e. The Bertz CT molecular complexity index is 461. The Hall–Kier alpha value is -0.900. The Morgan fingerprint density at radius 1 is 1.29 bits per heavy atom. The molecular formula is C18H26O3. The summed E-state index contributed by atoms with van der Waals surface area (Å²) in [5, 5.41) is 0. The highest BCUT2D eigenvalue weighted by atomic mass is 16.7. The predicted octanol–water partition coefficient (Wildman–Crippen LogP) is 3.77. The van der Waals surface area contributed by atoms with Crippen LogP contribution in [0, 0.1) is 11.8 Å². The zero-order chi connectivity index (χ0) is 14.9. The second-order valence-corrected chi connectivity index (χ2v) is 6.75. The average Bonchev–Trinajstić information content (AvgIpc) is 2.82. The molecule has 2 aliphatic rings. The molecule has 3 heteroatoms. The lowest BCUT2D eigenvalue weighted by molar-refractivity contribution is -0.305. The van der Waals surface area contributed by atoms with Crippen molar-refractivity contribution in [2.45, 2.75) is 58.2 Å². The average molecular weight is 290 g/mol. The molecular weight excluding hydrogens is 264 g/mol. The Labute approximate surface area is 127 Å². The minimum Gasteiger partial charge on any atom is -0.376 e. The van der Waals surface area contributed by atoms with Gasteiger partial charge in [-0.25, -0.2) is 0 Å². The zero-order valence-corrected chi connectivity index (χ0v) is 13.2. The van der Waals surface area contributed by atoms with E-state index in [1.165, 1.54) is 5.56 Å². The summed E-state index contributed by atoms with van der Waals surface area (Å²) in [5.74, 6) is 0.457. The van der Waals surface area contributed by atoms with Gasteiger partial charge >= 0.3 is 0 Å². The fourth-order valence-corrected chi connectivity index (χ4v) is 3.57. The highest BCUT2D eigenvalue weighted by Gasteiger charge is 2.49. The minimum absolute atomic E-state index is 0.229. The molecule has 1 aromatic rings. The van der Waals surface area contributed by atoms with E-state index in [-0.39, 0.29) is 11.9 Å². The lowest BCUT2D eigenvalue weighted by Crippen LogP contribution is -2.49. The Kier molecular flexibility index (Phi) is 4.34. The first-order valence-electron chi connectivity index (χ1n) is 8.05. The van der Waals surface area contributed by atoms with Gasteiger partial charge in [0.05, 0.1) is 25.4 Å². The van der Waals surface area contributed by atoms with Crippen molar-refractivity contribution >= 4 is 0 Å². The lowest BCUT2D eigenvalue weighted by Gasteiger charge is -2.42. The predicted molar refractivity (Wildman–Crippen MR) is 81.8 cm³/mol. The van der Waals surface area contributed by atoms with E-state index in [1.54, 1.807) is 0 Å². The summed E-state index contributed by atoms with van der Waals surface area (Å²) >= 11 is 0. The number of hydrogen-bond donors (Lipinski definition) is 0. The van der Waals surface area contributed by atoms with Gasteiger partial charge in [-0.15, -0.1) is 0 Å². The van der Waals surface area contributed by atoms with Crippen LogP contribution in [0.5, 0.6) is 0 Å². The smallest absolute Gasteiger partial charge is 0.166 e. The fourth-order valence-electron chi connectivity index (χ4n) is 3.57. The number of fused-ring (bicyclic) bond motifs is 2. The van der Waals surface area contributed by atoms with Gasteiger partial charge in [0.2, 0.25) is 0 Å². The summed E-state index contributed by atoms with van der Waals surface area (Å²) in [6, 6.07) is 10.3. The van der Waals surface area contributed by atoms with Crippen LogP contribution in [0.15, 0.2) is 30.3 Å². The van der Waals surface area contributed by atoms with Gasteiger partial charge in [0.25, 0.3) is 0 Å². The number of benzene rings is 1. The summed E-state index contributed by atoms with van der Waals surface area (Å²) < 4.78 is 18.1. The molecule has 0 amide bonds. The van der Waals surface area contributed by atoms with E-state index in [2.05, 4.69) is 32.9 Å². The summed E-state index contributed by atoms with van der Waals surface area (Å²) in [5.41, 5.74) is 1.22. The highest BCUT2D eigenvalue weighted by Crippen LogP contribution is 2.44. The molecule has 2 fully saturated rings. The summed E-state index contributed by atoms with van der Waals surface area (Å²) in [6.07, 6.45) is 2.71. The second-order valence-electron chi connectivity index (χ2n) is 6.75. The van der Waals surface area contributed by atoms with Crippen LogP contribution in [0.25, 0.3) is 0 Å². The molecule has 2 aliphatic heterocycles. The van der Waals surface area contributed by atoms with E-state index in [9.17, 15) is 0 Å². The van der Waals surface area contributed by atoms with Crippen LogP contribution in [0.3, 0.4) is 0 Å². The molecule has 0 spiro atoms. The van der Waals surface area contributed by atoms with Crippen molar-refractivity contribution in [1.82, 2.24) is 0 Å². The van der Waals surface area contributed by atoms with Crippen LogP contribution in [-0.2, 0) is 20.8 Å². The molecule has 4 unspecified atom stereocenters. The number of ether oxygens (including phenoxy) is 3. The van der Waals surface area contributed by atoms with E-state index < -0.39 is 0 Å². The number of hydrogen-bond acceptors (Lipinski definition) is 3. The van der Waals surface area contributed by atoms with Crippen molar-refractivity contribution in [3.05, 3.63) is 35.9 Å². The van der Waals surface area contributed by atoms with Gasteiger partial charge in [-0.05, 0) is 18.9 Å². The van der Waals surface area contributed by atoms with Gasteiger partial charge in [0.15, 0.2) is 5.79 Å². The van der Waals surface area contributed by atoms with E-state index in [0.29, 0.717) is 24.5 Å². The molecule has 1 aromatic carbocycles. The van der Waals surface area contributed by atoms with Crippen molar-refractivity contribution in [1.29, 1.82) is 0 Å². The van der Waals surface area contributed by atoms with Crippen molar-refractivity contribution in [2.75, 3.05) is 6.61 Å². The lowest BCUT2D eigenvalue weighted by atomic mass is 9.88. The third kappa shape index (κ3) is 3.31. The Morgan fingerprint density at radius 3 is 2.81 bits per heavy atom. The molecule has 0 saturated carbocycles. The van der Waals surface area contributed by atoms with Gasteiger partial charge in [-0.2, -0.15) is 0 Å². The zero-order valence-electron chi connectivity index (χ0n) is 13.2. The first-order valence-corrected chi connectivity index (χ1v) is 8.05. The molecule has 0 aromatic heterocycles. The molecule has 116 valence electrons. The monoisotopic (exact) mass is 290 g/mol. The topological polar surface area (TPSA) is 27.7 Å². The molecule has 0 N–H and O–H groups in total. The van der Waals surface area contributed by atoms with E-state index in [0.717, 1.165) is 19.4 Å². The third-order valence-corrected chi connectivity index (χ3v) is 4.83. The van der Waals surface area contributed by atoms with E-state index in [4.69, 9.17) is 14.2 Å². The van der Waals surface area contributed by atoms with Crippen LogP contribution in [0.2, 0.25) is 0 Å². The van der Waals surface area contributed by atoms with Crippen molar-refractivity contribution in [3.63, 3.8) is 0 Å². The third-order valence-electron chi connectivity index (χ3n) is 4.83. The highest BCUT2D eigenvalue weighted by molar-refractivity contribution is 5.13. The Balaban J connectivity index is 1.52. The fraction of sp³-hybridized carbons (Fsp3) is 0.667. The minimum atomic E-state index is -0.366. The molecule has 5 atom stereocenters. The molecule has 2 heterocycles. The first-order chi connectivity index (χ1) is 10.1. The maximum absolute atomic E-state index is 6.24. The van der Waals surface area contributed by atoms with Gasteiger partial charge in [0, 0.05) is 18.3 Å². The standard InChI is InChI=1S/C18H26O3/c1-13(11-19-12-15-7-5-4-6-8-15)17-14(2)16-9-10-18(3,20-16)21-17/h4-8,13-14,16-17H,9-12H2,1-3H3/t13-,14?,16?,17?,18?/m1/s1. The van der Waals surface area contributed by atoms with Crippen molar-refractivity contribution in [2.24, 2.45) is 11.8 Å². The first kappa shape index (κ1) is 15.0. The van der Waals surface area contributed by atoms with Crippen LogP contribution < -0.4 is 0 Å². The van der Waals surface area contributed by atoms with Gasteiger partial charge < -0.3 is 14.2 Å². The summed E-state index contributed by atoms with van der Waals surface area (Å²) in [4.78, 5) is 0. The summed E-state index contributed by atoms with van der Waals surface area (Å²) in [7, 11) is 0. The quantitative estimate of drug-likeness (QED) is 0.826. The van der Waals surface area contributed by atoms with Crippen LogP contribution in [0.1, 0.15) is 39.2 Å². The van der Waals surface area contributed by atoms with Gasteiger partial charge in [0.1, 0.15) is 0 Å². The van der Waals surface area contributed by atoms with Crippen molar-refractivity contribution < 1.29 is 14.2 Å². The molecule has 0 radical (unpaired) electrons. The number of rotatable bonds is 5. The molecule has 3 nitrogen and oxygen atoms in total. The van der Waals surface area contributed by atoms with Crippen LogP contribution >= 0.6 is 0 Å². The molecule has 2 bridgehead atoms. The van der Waals surface area contributed by atoms with Crippen LogP contribution in [-0.4, -0.2) is 24.6 Å². The molecule has 0 aliphatic carbocycles. The summed E-state index contributed by atoms with van der Waals surface area (Å²) in [6.45, 7) is 7.94. The van der Waals surface area contributed by atoms with Crippen LogP contribution in [0.4, 0.5) is 0 Å².